The topological polar surface area (TPSA) is 58.1 Å². The summed E-state index contributed by atoms with van der Waals surface area (Å²) in [7, 11) is 0. The number of hydrogen-bond acceptors (Lipinski definition) is 5. The highest BCUT2D eigenvalue weighted by Gasteiger charge is 2.25. The Morgan fingerprint density at radius 3 is 2.88 bits per heavy atom. The zero-order chi connectivity index (χ0) is 18.1. The number of carbonyl (C=O) groups is 1. The zero-order valence-corrected chi connectivity index (χ0v) is 16.4. The van der Waals surface area contributed by atoms with Crippen molar-refractivity contribution in [2.75, 3.05) is 23.7 Å². The Bertz CT molecular complexity index is 842. The molecular weight excluding hydrogens is 391 g/mol. The summed E-state index contributed by atoms with van der Waals surface area (Å²) < 4.78 is 0. The predicted molar refractivity (Wildman–Crippen MR) is 105 cm³/mol. The lowest BCUT2D eigenvalue weighted by Crippen LogP contribution is -2.32. The zero-order valence-electron chi connectivity index (χ0n) is 14.0. The second-order valence-corrected chi connectivity index (χ2v) is 8.39. The van der Waals surface area contributed by atoms with Crippen LogP contribution in [0.1, 0.15) is 41.4 Å². The summed E-state index contributed by atoms with van der Waals surface area (Å²) >= 11 is 14.1. The first-order valence-corrected chi connectivity index (χ1v) is 10.4. The largest absolute Gasteiger partial charge is 0.344 e. The summed E-state index contributed by atoms with van der Waals surface area (Å²) in [4.78, 5) is 24.8. The molecule has 1 unspecified atom stereocenters. The molecule has 4 rings (SSSR count). The number of nitrogens with zero attached hydrogens (tertiary/aromatic N) is 3. The fourth-order valence-electron chi connectivity index (χ4n) is 3.33. The van der Waals surface area contributed by atoms with Crippen molar-refractivity contribution in [1.29, 1.82) is 0 Å². The first-order chi connectivity index (χ1) is 12.6. The van der Waals surface area contributed by atoms with Gasteiger partial charge in [0.25, 0.3) is 5.91 Å². The number of aromatic nitrogens is 2. The molecular formula is C18H18Cl2N4OS. The van der Waals surface area contributed by atoms with Crippen molar-refractivity contribution in [1.82, 2.24) is 15.3 Å². The van der Waals surface area contributed by atoms with E-state index in [0.717, 1.165) is 48.6 Å². The van der Waals surface area contributed by atoms with Crippen LogP contribution in [0.3, 0.4) is 0 Å². The SMILES string of the molecule is O=C(NC1CCSc2ccc(Cl)cc21)c1nc(N2CCCC2)ncc1Cl. The summed E-state index contributed by atoms with van der Waals surface area (Å²) in [6.45, 7) is 1.82. The Labute approximate surface area is 166 Å². The van der Waals surface area contributed by atoms with Crippen LogP contribution in [0.5, 0.6) is 0 Å². The van der Waals surface area contributed by atoms with Crippen molar-refractivity contribution < 1.29 is 4.79 Å². The van der Waals surface area contributed by atoms with Crippen LogP contribution in [0.15, 0.2) is 29.3 Å². The molecule has 1 N–H and O–H groups in total. The van der Waals surface area contributed by atoms with Crippen molar-refractivity contribution in [2.45, 2.75) is 30.2 Å². The van der Waals surface area contributed by atoms with Gasteiger partial charge in [-0.3, -0.25) is 4.79 Å². The van der Waals surface area contributed by atoms with Crippen molar-refractivity contribution in [3.8, 4) is 0 Å². The maximum Gasteiger partial charge on any atom is 0.272 e. The number of carbonyl (C=O) groups excluding carboxylic acids is 1. The van der Waals surface area contributed by atoms with E-state index in [2.05, 4.69) is 20.2 Å². The molecule has 5 nitrogen and oxygen atoms in total. The van der Waals surface area contributed by atoms with Crippen molar-refractivity contribution >= 4 is 46.8 Å². The van der Waals surface area contributed by atoms with E-state index in [9.17, 15) is 4.79 Å². The van der Waals surface area contributed by atoms with E-state index in [1.807, 2.05) is 18.2 Å². The fraction of sp³-hybridized carbons (Fsp3) is 0.389. The van der Waals surface area contributed by atoms with Gasteiger partial charge in [0.05, 0.1) is 17.3 Å². The van der Waals surface area contributed by atoms with Gasteiger partial charge >= 0.3 is 0 Å². The Balaban J connectivity index is 1.57. The monoisotopic (exact) mass is 408 g/mol. The van der Waals surface area contributed by atoms with Gasteiger partial charge in [0.1, 0.15) is 0 Å². The van der Waals surface area contributed by atoms with Crippen LogP contribution >= 0.6 is 35.0 Å². The van der Waals surface area contributed by atoms with Gasteiger partial charge in [-0.2, -0.15) is 0 Å². The lowest BCUT2D eigenvalue weighted by atomic mass is 10.0. The summed E-state index contributed by atoms with van der Waals surface area (Å²) in [5.74, 6) is 1.23. The molecule has 2 aliphatic heterocycles. The van der Waals surface area contributed by atoms with Crippen LogP contribution in [0.4, 0.5) is 5.95 Å². The fourth-order valence-corrected chi connectivity index (χ4v) is 4.79. The third-order valence-electron chi connectivity index (χ3n) is 4.65. The minimum Gasteiger partial charge on any atom is -0.344 e. The molecule has 1 fully saturated rings. The number of fused-ring (bicyclic) bond motifs is 1. The summed E-state index contributed by atoms with van der Waals surface area (Å²) in [5, 5.41) is 4.01. The minimum atomic E-state index is -0.277. The van der Waals surface area contributed by atoms with Gasteiger partial charge in [0.2, 0.25) is 5.95 Å². The maximum absolute atomic E-state index is 12.9. The third-order valence-corrected chi connectivity index (χ3v) is 6.29. The summed E-state index contributed by atoms with van der Waals surface area (Å²) in [6, 6.07) is 5.70. The smallest absolute Gasteiger partial charge is 0.272 e. The van der Waals surface area contributed by atoms with Gasteiger partial charge in [0, 0.05) is 28.8 Å². The van der Waals surface area contributed by atoms with Crippen molar-refractivity contribution in [3.05, 3.63) is 45.7 Å². The molecule has 1 atom stereocenters. The number of nitrogens with one attached hydrogen (secondary N) is 1. The van der Waals surface area contributed by atoms with Crippen LogP contribution in [-0.2, 0) is 0 Å². The normalized spacial score (nSPS) is 19.3. The standard InChI is InChI=1S/C18H18Cl2N4OS/c19-11-3-4-15-12(9-11)14(5-8-26-15)22-17(25)16-13(20)10-21-18(23-16)24-6-1-2-7-24/h3-4,9-10,14H,1-2,5-8H2,(H,22,25). The number of halogens is 2. The molecule has 0 spiro atoms. The van der Waals surface area contributed by atoms with E-state index in [0.29, 0.717) is 11.0 Å². The second kappa shape index (κ2) is 7.62. The van der Waals surface area contributed by atoms with Gasteiger partial charge in [-0.1, -0.05) is 23.2 Å². The molecule has 0 aliphatic carbocycles. The molecule has 2 aromatic rings. The molecule has 0 bridgehead atoms. The number of rotatable bonds is 3. The molecule has 8 heteroatoms. The number of anilines is 1. The number of amides is 1. The lowest BCUT2D eigenvalue weighted by Gasteiger charge is -2.26. The second-order valence-electron chi connectivity index (χ2n) is 6.41. The van der Waals surface area contributed by atoms with E-state index >= 15 is 0 Å². The van der Waals surface area contributed by atoms with E-state index < -0.39 is 0 Å². The highest BCUT2D eigenvalue weighted by Crippen LogP contribution is 2.37. The van der Waals surface area contributed by atoms with E-state index in [4.69, 9.17) is 23.2 Å². The van der Waals surface area contributed by atoms with Crippen molar-refractivity contribution in [2.24, 2.45) is 0 Å². The van der Waals surface area contributed by atoms with Crippen LogP contribution in [0.2, 0.25) is 10.0 Å². The molecule has 0 radical (unpaired) electrons. The van der Waals surface area contributed by atoms with Crippen molar-refractivity contribution in [3.63, 3.8) is 0 Å². The number of benzene rings is 1. The molecule has 26 heavy (non-hydrogen) atoms. The van der Waals surface area contributed by atoms with E-state index in [1.165, 1.54) is 6.20 Å². The molecule has 0 saturated carbocycles. The van der Waals surface area contributed by atoms with E-state index in [-0.39, 0.29) is 22.7 Å². The maximum atomic E-state index is 12.9. The molecule has 136 valence electrons. The molecule has 1 saturated heterocycles. The number of hydrogen-bond donors (Lipinski definition) is 1. The molecule has 1 amide bonds. The molecule has 1 aromatic carbocycles. The third kappa shape index (κ3) is 3.63. The first-order valence-electron chi connectivity index (χ1n) is 8.62. The van der Waals surface area contributed by atoms with E-state index in [1.54, 1.807) is 11.8 Å². The van der Waals surface area contributed by atoms with Crippen LogP contribution in [0, 0.1) is 0 Å². The van der Waals surface area contributed by atoms with Crippen LogP contribution in [-0.4, -0.2) is 34.7 Å². The van der Waals surface area contributed by atoms with Gasteiger partial charge in [-0.15, -0.1) is 11.8 Å². The molecule has 2 aliphatic rings. The minimum absolute atomic E-state index is 0.0984. The quantitative estimate of drug-likeness (QED) is 0.817. The van der Waals surface area contributed by atoms with Gasteiger partial charge in [-0.25, -0.2) is 9.97 Å². The van der Waals surface area contributed by atoms with Gasteiger partial charge < -0.3 is 10.2 Å². The molecule has 1 aromatic heterocycles. The Hall–Kier alpha value is -1.50. The highest BCUT2D eigenvalue weighted by molar-refractivity contribution is 7.99. The highest BCUT2D eigenvalue weighted by atomic mass is 35.5. The van der Waals surface area contributed by atoms with Crippen LogP contribution < -0.4 is 10.2 Å². The Kier molecular flexibility index (Phi) is 5.25. The van der Waals surface area contributed by atoms with Crippen LogP contribution in [0.25, 0.3) is 0 Å². The average Bonchev–Trinajstić information content (AvgIpc) is 3.17. The summed E-state index contributed by atoms with van der Waals surface area (Å²) in [5.41, 5.74) is 1.28. The van der Waals surface area contributed by atoms with Gasteiger partial charge in [-0.05, 0) is 43.0 Å². The summed E-state index contributed by atoms with van der Waals surface area (Å²) in [6.07, 6.45) is 4.58. The molecule has 3 heterocycles. The van der Waals surface area contributed by atoms with Gasteiger partial charge in [0.15, 0.2) is 5.69 Å². The Morgan fingerprint density at radius 2 is 2.08 bits per heavy atom. The first kappa shape index (κ1) is 17.9. The lowest BCUT2D eigenvalue weighted by molar-refractivity contribution is 0.0930. The number of thioether (sulfide) groups is 1. The Morgan fingerprint density at radius 1 is 1.27 bits per heavy atom. The average molecular weight is 409 g/mol. The predicted octanol–water partition coefficient (Wildman–Crippen LogP) is 4.35.